The molecule has 2 nitrogen and oxygen atoms in total. The zero-order valence-electron chi connectivity index (χ0n) is 11.0. The van der Waals surface area contributed by atoms with E-state index in [0.29, 0.717) is 6.42 Å². The standard InChI is InChI=1S/C15H22FNO/c1-2-15(18)17-11-6-4-3-5-8-13-9-7-10-14(16)12-13/h7,9-10,12H,2-6,8,11H2,1H3,(H,17,18). The van der Waals surface area contributed by atoms with E-state index in [1.54, 1.807) is 12.1 Å². The van der Waals surface area contributed by atoms with Crippen molar-refractivity contribution in [2.24, 2.45) is 0 Å². The second-order valence-electron chi connectivity index (χ2n) is 4.50. The highest BCUT2D eigenvalue weighted by molar-refractivity contribution is 5.75. The molecule has 0 unspecified atom stereocenters. The molecule has 0 aliphatic carbocycles. The summed E-state index contributed by atoms with van der Waals surface area (Å²) < 4.78 is 12.9. The molecule has 100 valence electrons. The van der Waals surface area contributed by atoms with Gasteiger partial charge in [-0.15, -0.1) is 0 Å². The molecule has 1 amide bonds. The van der Waals surface area contributed by atoms with Gasteiger partial charge in [0, 0.05) is 13.0 Å². The smallest absolute Gasteiger partial charge is 0.219 e. The van der Waals surface area contributed by atoms with E-state index in [2.05, 4.69) is 5.32 Å². The fourth-order valence-corrected chi connectivity index (χ4v) is 1.85. The first kappa shape index (κ1) is 14.7. The maximum absolute atomic E-state index is 12.9. The largest absolute Gasteiger partial charge is 0.356 e. The minimum absolute atomic E-state index is 0.120. The van der Waals surface area contributed by atoms with Crippen LogP contribution in [0, 0.1) is 5.82 Å². The van der Waals surface area contributed by atoms with E-state index in [0.717, 1.165) is 44.2 Å². The molecule has 0 spiro atoms. The summed E-state index contributed by atoms with van der Waals surface area (Å²) in [6.07, 6.45) is 5.82. The lowest BCUT2D eigenvalue weighted by molar-refractivity contribution is -0.120. The van der Waals surface area contributed by atoms with Crippen LogP contribution in [0.3, 0.4) is 0 Å². The highest BCUT2D eigenvalue weighted by atomic mass is 19.1. The minimum atomic E-state index is -0.158. The van der Waals surface area contributed by atoms with Crippen LogP contribution in [0.5, 0.6) is 0 Å². The Kier molecular flexibility index (Phi) is 7.07. The fraction of sp³-hybridized carbons (Fsp3) is 0.533. The van der Waals surface area contributed by atoms with Crippen molar-refractivity contribution in [2.45, 2.75) is 45.4 Å². The van der Waals surface area contributed by atoms with Crippen LogP contribution in [0.2, 0.25) is 0 Å². The summed E-state index contributed by atoms with van der Waals surface area (Å²) in [5.41, 5.74) is 1.06. The number of nitrogens with one attached hydrogen (secondary N) is 1. The molecule has 1 rings (SSSR count). The zero-order chi connectivity index (χ0) is 13.2. The molecule has 1 aromatic rings. The summed E-state index contributed by atoms with van der Waals surface area (Å²) in [5.74, 6) is -0.0375. The normalized spacial score (nSPS) is 10.3. The van der Waals surface area contributed by atoms with Gasteiger partial charge >= 0.3 is 0 Å². The summed E-state index contributed by atoms with van der Waals surface area (Å²) in [5, 5.41) is 2.86. The van der Waals surface area contributed by atoms with Gasteiger partial charge in [-0.05, 0) is 37.0 Å². The minimum Gasteiger partial charge on any atom is -0.356 e. The molecule has 0 aromatic heterocycles. The molecule has 18 heavy (non-hydrogen) atoms. The Labute approximate surface area is 109 Å². The third-order valence-corrected chi connectivity index (χ3v) is 2.92. The van der Waals surface area contributed by atoms with Crippen molar-refractivity contribution >= 4 is 5.91 Å². The average molecular weight is 251 g/mol. The van der Waals surface area contributed by atoms with Crippen LogP contribution < -0.4 is 5.32 Å². The monoisotopic (exact) mass is 251 g/mol. The van der Waals surface area contributed by atoms with Gasteiger partial charge in [0.25, 0.3) is 0 Å². The first-order valence-electron chi connectivity index (χ1n) is 6.73. The molecule has 1 N–H and O–H groups in total. The number of aryl methyl sites for hydroxylation is 1. The van der Waals surface area contributed by atoms with Crippen molar-refractivity contribution in [1.82, 2.24) is 5.32 Å². The summed E-state index contributed by atoms with van der Waals surface area (Å²) in [6, 6.07) is 6.79. The average Bonchev–Trinajstić information content (AvgIpc) is 2.37. The summed E-state index contributed by atoms with van der Waals surface area (Å²) in [7, 11) is 0. The Balaban J connectivity index is 2.00. The molecule has 0 atom stereocenters. The molecule has 3 heteroatoms. The van der Waals surface area contributed by atoms with Crippen LogP contribution in [0.4, 0.5) is 4.39 Å². The number of benzene rings is 1. The quantitative estimate of drug-likeness (QED) is 0.704. The topological polar surface area (TPSA) is 29.1 Å². The van der Waals surface area contributed by atoms with Gasteiger partial charge in [0.15, 0.2) is 0 Å². The van der Waals surface area contributed by atoms with Crippen LogP contribution in [0.1, 0.15) is 44.6 Å². The van der Waals surface area contributed by atoms with Crippen molar-refractivity contribution in [3.8, 4) is 0 Å². The van der Waals surface area contributed by atoms with Gasteiger partial charge in [0.05, 0.1) is 0 Å². The van der Waals surface area contributed by atoms with E-state index in [1.165, 1.54) is 6.07 Å². The lowest BCUT2D eigenvalue weighted by Crippen LogP contribution is -2.23. The number of hydrogen-bond acceptors (Lipinski definition) is 1. The third-order valence-electron chi connectivity index (χ3n) is 2.92. The second-order valence-corrected chi connectivity index (χ2v) is 4.50. The summed E-state index contributed by atoms with van der Waals surface area (Å²) in [6.45, 7) is 2.63. The Bertz CT molecular complexity index is 365. The van der Waals surface area contributed by atoms with Crippen LogP contribution in [-0.2, 0) is 11.2 Å². The third kappa shape index (κ3) is 6.38. The Hall–Kier alpha value is -1.38. The molecular weight excluding hydrogens is 229 g/mol. The van der Waals surface area contributed by atoms with Crippen molar-refractivity contribution in [1.29, 1.82) is 0 Å². The van der Waals surface area contributed by atoms with E-state index in [9.17, 15) is 9.18 Å². The van der Waals surface area contributed by atoms with Gasteiger partial charge in [-0.1, -0.05) is 31.9 Å². The predicted molar refractivity (Wildman–Crippen MR) is 71.9 cm³/mol. The van der Waals surface area contributed by atoms with E-state index >= 15 is 0 Å². The molecule has 0 fully saturated rings. The van der Waals surface area contributed by atoms with E-state index in [1.807, 2.05) is 13.0 Å². The highest BCUT2D eigenvalue weighted by Gasteiger charge is 1.97. The van der Waals surface area contributed by atoms with Crippen LogP contribution >= 0.6 is 0 Å². The van der Waals surface area contributed by atoms with Gasteiger partial charge in [-0.3, -0.25) is 4.79 Å². The maximum Gasteiger partial charge on any atom is 0.219 e. The Morgan fingerprint density at radius 3 is 2.72 bits per heavy atom. The molecule has 0 bridgehead atoms. The van der Waals surface area contributed by atoms with Gasteiger partial charge in [0.1, 0.15) is 5.82 Å². The van der Waals surface area contributed by atoms with Crippen molar-refractivity contribution < 1.29 is 9.18 Å². The predicted octanol–water partition coefficient (Wildman–Crippen LogP) is 3.45. The fourth-order valence-electron chi connectivity index (χ4n) is 1.85. The lowest BCUT2D eigenvalue weighted by Gasteiger charge is -2.04. The first-order valence-corrected chi connectivity index (χ1v) is 6.73. The summed E-state index contributed by atoms with van der Waals surface area (Å²) >= 11 is 0. The number of unbranched alkanes of at least 4 members (excludes halogenated alkanes) is 3. The number of carbonyl (C=O) groups excluding carboxylic acids is 1. The highest BCUT2D eigenvalue weighted by Crippen LogP contribution is 2.09. The Morgan fingerprint density at radius 1 is 1.22 bits per heavy atom. The van der Waals surface area contributed by atoms with E-state index in [4.69, 9.17) is 0 Å². The molecule has 0 radical (unpaired) electrons. The number of amides is 1. The Morgan fingerprint density at radius 2 is 2.00 bits per heavy atom. The second kappa shape index (κ2) is 8.67. The molecule has 0 heterocycles. The van der Waals surface area contributed by atoms with Gasteiger partial charge in [-0.2, -0.15) is 0 Å². The van der Waals surface area contributed by atoms with Crippen LogP contribution in [0.25, 0.3) is 0 Å². The summed E-state index contributed by atoms with van der Waals surface area (Å²) in [4.78, 5) is 11.0. The molecule has 0 aliphatic rings. The number of rotatable bonds is 8. The van der Waals surface area contributed by atoms with Gasteiger partial charge in [0.2, 0.25) is 5.91 Å². The SMILES string of the molecule is CCC(=O)NCCCCCCc1cccc(F)c1. The number of hydrogen-bond donors (Lipinski definition) is 1. The molecular formula is C15H22FNO. The molecule has 1 aromatic carbocycles. The van der Waals surface area contributed by atoms with Crippen molar-refractivity contribution in [2.75, 3.05) is 6.54 Å². The van der Waals surface area contributed by atoms with Gasteiger partial charge in [-0.25, -0.2) is 4.39 Å². The van der Waals surface area contributed by atoms with Crippen LogP contribution in [0.15, 0.2) is 24.3 Å². The van der Waals surface area contributed by atoms with Gasteiger partial charge < -0.3 is 5.32 Å². The van der Waals surface area contributed by atoms with Crippen molar-refractivity contribution in [3.05, 3.63) is 35.6 Å². The number of carbonyl (C=O) groups is 1. The maximum atomic E-state index is 12.9. The van der Waals surface area contributed by atoms with Crippen LogP contribution in [-0.4, -0.2) is 12.5 Å². The molecule has 0 saturated heterocycles. The lowest BCUT2D eigenvalue weighted by atomic mass is 10.1. The van der Waals surface area contributed by atoms with Crippen molar-refractivity contribution in [3.63, 3.8) is 0 Å². The molecule has 0 saturated carbocycles. The first-order chi connectivity index (χ1) is 8.72. The number of halogens is 1. The zero-order valence-corrected chi connectivity index (χ0v) is 11.0. The van der Waals surface area contributed by atoms with E-state index in [-0.39, 0.29) is 11.7 Å². The molecule has 0 aliphatic heterocycles. The van der Waals surface area contributed by atoms with E-state index < -0.39 is 0 Å².